The Morgan fingerprint density at radius 1 is 1.15 bits per heavy atom. The molecule has 3 rings (SSSR count). The Morgan fingerprint density at radius 2 is 1.92 bits per heavy atom. The Morgan fingerprint density at radius 3 is 2.54 bits per heavy atom. The van der Waals surface area contributed by atoms with E-state index < -0.39 is 0 Å². The van der Waals surface area contributed by atoms with Crippen LogP contribution in [0.4, 0.5) is 0 Å². The average Bonchev–Trinajstić information content (AvgIpc) is 3.22. The van der Waals surface area contributed by atoms with E-state index in [1.807, 2.05) is 74.1 Å². The average molecular weight is 349 g/mol. The van der Waals surface area contributed by atoms with Crippen molar-refractivity contribution in [2.75, 3.05) is 0 Å². The van der Waals surface area contributed by atoms with Crippen LogP contribution in [0.5, 0.6) is 0 Å². The van der Waals surface area contributed by atoms with E-state index in [2.05, 4.69) is 5.10 Å². The van der Waals surface area contributed by atoms with Gasteiger partial charge in [0.1, 0.15) is 5.76 Å². The number of carbonyl (C=O) groups is 1. The van der Waals surface area contributed by atoms with Crippen LogP contribution in [0.25, 0.3) is 6.08 Å². The van der Waals surface area contributed by atoms with Crippen molar-refractivity contribution in [2.45, 2.75) is 26.9 Å². The molecule has 0 atom stereocenters. The van der Waals surface area contributed by atoms with Gasteiger partial charge in [0.25, 0.3) is 0 Å². The standard InChI is InChI=1S/C21H23N3O2/c1-16-20(17(2)23(3)22-16)11-12-21(25)24(15-19-10-7-13-26-19)14-18-8-5-4-6-9-18/h4-13H,14-15H2,1-3H3/b12-11+. The van der Waals surface area contributed by atoms with Crippen molar-refractivity contribution in [1.29, 1.82) is 0 Å². The molecule has 0 saturated heterocycles. The highest BCUT2D eigenvalue weighted by molar-refractivity contribution is 5.92. The second-order valence-electron chi connectivity index (χ2n) is 6.30. The Balaban J connectivity index is 1.80. The molecule has 0 spiro atoms. The summed E-state index contributed by atoms with van der Waals surface area (Å²) >= 11 is 0. The number of hydrogen-bond donors (Lipinski definition) is 0. The zero-order valence-electron chi connectivity index (χ0n) is 15.3. The molecule has 2 heterocycles. The van der Waals surface area contributed by atoms with Crippen LogP contribution in [0.15, 0.2) is 59.2 Å². The minimum Gasteiger partial charge on any atom is -0.467 e. The van der Waals surface area contributed by atoms with Gasteiger partial charge in [0.05, 0.1) is 18.5 Å². The Bertz CT molecular complexity index is 893. The second-order valence-corrected chi connectivity index (χ2v) is 6.30. The third-order valence-electron chi connectivity index (χ3n) is 4.41. The summed E-state index contributed by atoms with van der Waals surface area (Å²) in [6, 6.07) is 13.7. The lowest BCUT2D eigenvalue weighted by molar-refractivity contribution is -0.127. The first-order valence-corrected chi connectivity index (χ1v) is 8.58. The van der Waals surface area contributed by atoms with Gasteiger partial charge in [-0.1, -0.05) is 30.3 Å². The minimum atomic E-state index is -0.0621. The van der Waals surface area contributed by atoms with Crippen molar-refractivity contribution >= 4 is 12.0 Å². The number of aryl methyl sites for hydroxylation is 2. The molecule has 0 unspecified atom stereocenters. The van der Waals surface area contributed by atoms with E-state index in [0.29, 0.717) is 13.1 Å². The minimum absolute atomic E-state index is 0.0621. The van der Waals surface area contributed by atoms with E-state index in [4.69, 9.17) is 4.42 Å². The number of nitrogens with zero attached hydrogens (tertiary/aromatic N) is 3. The highest BCUT2D eigenvalue weighted by Crippen LogP contribution is 2.15. The molecule has 2 aromatic heterocycles. The molecule has 5 heteroatoms. The Labute approximate surface area is 153 Å². The summed E-state index contributed by atoms with van der Waals surface area (Å²) in [4.78, 5) is 14.6. The Hall–Kier alpha value is -3.08. The molecule has 1 amide bonds. The number of benzene rings is 1. The third-order valence-corrected chi connectivity index (χ3v) is 4.41. The highest BCUT2D eigenvalue weighted by atomic mass is 16.3. The molecule has 0 N–H and O–H groups in total. The second kappa shape index (κ2) is 7.87. The van der Waals surface area contributed by atoms with Gasteiger partial charge in [0.15, 0.2) is 0 Å². The lowest BCUT2D eigenvalue weighted by atomic mass is 10.1. The van der Waals surface area contributed by atoms with Gasteiger partial charge >= 0.3 is 0 Å². The van der Waals surface area contributed by atoms with Crippen LogP contribution in [0.1, 0.15) is 28.3 Å². The number of hydrogen-bond acceptors (Lipinski definition) is 3. The molecule has 0 aliphatic carbocycles. The molecule has 1 aromatic carbocycles. The van der Waals surface area contributed by atoms with Crippen molar-refractivity contribution in [3.05, 3.63) is 83.1 Å². The topological polar surface area (TPSA) is 51.3 Å². The summed E-state index contributed by atoms with van der Waals surface area (Å²) in [6.45, 7) is 4.89. The molecule has 0 saturated carbocycles. The summed E-state index contributed by atoms with van der Waals surface area (Å²) < 4.78 is 7.25. The predicted octanol–water partition coefficient (Wildman–Crippen LogP) is 3.87. The summed E-state index contributed by atoms with van der Waals surface area (Å²) in [7, 11) is 1.90. The molecule has 0 aliphatic heterocycles. The number of aromatic nitrogens is 2. The smallest absolute Gasteiger partial charge is 0.247 e. The summed E-state index contributed by atoms with van der Waals surface area (Å²) in [5.41, 5.74) is 4.01. The number of amides is 1. The maximum absolute atomic E-state index is 12.8. The largest absolute Gasteiger partial charge is 0.467 e. The fourth-order valence-electron chi connectivity index (χ4n) is 2.90. The van der Waals surface area contributed by atoms with E-state index in [0.717, 1.165) is 28.3 Å². The van der Waals surface area contributed by atoms with Crippen LogP contribution in [0.2, 0.25) is 0 Å². The van der Waals surface area contributed by atoms with Gasteiger partial charge in [-0.25, -0.2) is 0 Å². The molecular formula is C21H23N3O2. The van der Waals surface area contributed by atoms with Gasteiger partial charge in [-0.15, -0.1) is 0 Å². The maximum Gasteiger partial charge on any atom is 0.247 e. The fourth-order valence-corrected chi connectivity index (χ4v) is 2.90. The molecule has 0 radical (unpaired) electrons. The van der Waals surface area contributed by atoms with Gasteiger partial charge in [-0.2, -0.15) is 5.10 Å². The summed E-state index contributed by atoms with van der Waals surface area (Å²) in [6.07, 6.45) is 5.09. The highest BCUT2D eigenvalue weighted by Gasteiger charge is 2.14. The van der Waals surface area contributed by atoms with Crippen LogP contribution in [-0.2, 0) is 24.9 Å². The van der Waals surface area contributed by atoms with Gasteiger partial charge in [0, 0.05) is 30.9 Å². The molecule has 0 bridgehead atoms. The van der Waals surface area contributed by atoms with Crippen molar-refractivity contribution in [3.63, 3.8) is 0 Å². The van der Waals surface area contributed by atoms with Crippen molar-refractivity contribution in [3.8, 4) is 0 Å². The molecule has 0 aliphatic rings. The lowest BCUT2D eigenvalue weighted by Crippen LogP contribution is -2.28. The number of carbonyl (C=O) groups excluding carboxylic acids is 1. The first-order valence-electron chi connectivity index (χ1n) is 8.58. The summed E-state index contributed by atoms with van der Waals surface area (Å²) in [5.74, 6) is 0.698. The predicted molar refractivity (Wildman–Crippen MR) is 101 cm³/mol. The molecule has 26 heavy (non-hydrogen) atoms. The number of furan rings is 1. The van der Waals surface area contributed by atoms with Gasteiger partial charge in [-0.3, -0.25) is 9.48 Å². The fraction of sp³-hybridized carbons (Fsp3) is 0.238. The molecule has 3 aromatic rings. The molecule has 5 nitrogen and oxygen atoms in total. The van der Waals surface area contributed by atoms with Crippen LogP contribution >= 0.6 is 0 Å². The van der Waals surface area contributed by atoms with Crippen LogP contribution in [0, 0.1) is 13.8 Å². The summed E-state index contributed by atoms with van der Waals surface area (Å²) in [5, 5.41) is 4.39. The van der Waals surface area contributed by atoms with E-state index in [1.165, 1.54) is 0 Å². The number of rotatable bonds is 6. The normalized spacial score (nSPS) is 11.2. The van der Waals surface area contributed by atoms with E-state index >= 15 is 0 Å². The van der Waals surface area contributed by atoms with Gasteiger partial charge in [-0.05, 0) is 37.6 Å². The first kappa shape index (κ1) is 17.7. The Kier molecular flexibility index (Phi) is 5.37. The van der Waals surface area contributed by atoms with E-state index in [9.17, 15) is 4.79 Å². The van der Waals surface area contributed by atoms with Crippen molar-refractivity contribution in [1.82, 2.24) is 14.7 Å². The quantitative estimate of drug-likeness (QED) is 0.635. The maximum atomic E-state index is 12.8. The van der Waals surface area contributed by atoms with E-state index in [-0.39, 0.29) is 5.91 Å². The van der Waals surface area contributed by atoms with Crippen molar-refractivity contribution in [2.24, 2.45) is 7.05 Å². The molecule has 0 fully saturated rings. The zero-order chi connectivity index (χ0) is 18.5. The molecular weight excluding hydrogens is 326 g/mol. The van der Waals surface area contributed by atoms with Crippen LogP contribution in [0.3, 0.4) is 0 Å². The monoisotopic (exact) mass is 349 g/mol. The zero-order valence-corrected chi connectivity index (χ0v) is 15.3. The molecule has 134 valence electrons. The van der Waals surface area contributed by atoms with Crippen LogP contribution < -0.4 is 0 Å². The lowest BCUT2D eigenvalue weighted by Gasteiger charge is -2.20. The van der Waals surface area contributed by atoms with Crippen LogP contribution in [-0.4, -0.2) is 20.6 Å². The van der Waals surface area contributed by atoms with E-state index in [1.54, 1.807) is 17.2 Å². The van der Waals surface area contributed by atoms with Gasteiger partial charge < -0.3 is 9.32 Å². The first-order chi connectivity index (χ1) is 12.5. The SMILES string of the molecule is Cc1nn(C)c(C)c1/C=C/C(=O)N(Cc1ccccc1)Cc1ccco1. The van der Waals surface area contributed by atoms with Crippen molar-refractivity contribution < 1.29 is 9.21 Å². The van der Waals surface area contributed by atoms with Gasteiger partial charge in [0.2, 0.25) is 5.91 Å². The third kappa shape index (κ3) is 4.11.